The number of carbonyl (C=O) groups is 2. The summed E-state index contributed by atoms with van der Waals surface area (Å²) in [6.45, 7) is 7.47. The predicted molar refractivity (Wildman–Crippen MR) is 84.4 cm³/mol. The molecule has 0 heterocycles. The monoisotopic (exact) mass is 308 g/mol. The number of hydrogen-bond acceptors (Lipinski definition) is 4. The van der Waals surface area contributed by atoms with Gasteiger partial charge >= 0.3 is 0 Å². The second kappa shape index (κ2) is 8.26. The lowest BCUT2D eigenvalue weighted by atomic mass is 10.2. The molecule has 0 atom stereocenters. The Morgan fingerprint density at radius 3 is 2.36 bits per heavy atom. The topological polar surface area (TPSA) is 76.7 Å². The van der Waals surface area contributed by atoms with E-state index in [1.165, 1.54) is 7.11 Å². The molecule has 6 heteroatoms. The van der Waals surface area contributed by atoms with Gasteiger partial charge in [-0.25, -0.2) is 0 Å². The zero-order valence-electron chi connectivity index (χ0n) is 13.7. The molecule has 2 N–H and O–H groups in total. The lowest BCUT2D eigenvalue weighted by Gasteiger charge is -2.14. The average Bonchev–Trinajstić information content (AvgIpc) is 2.43. The summed E-state index contributed by atoms with van der Waals surface area (Å²) >= 11 is 0. The van der Waals surface area contributed by atoms with Crippen molar-refractivity contribution in [2.24, 2.45) is 0 Å². The number of methoxy groups -OCH3 is 1. The van der Waals surface area contributed by atoms with E-state index in [2.05, 4.69) is 10.6 Å². The van der Waals surface area contributed by atoms with Crippen molar-refractivity contribution in [2.75, 3.05) is 13.7 Å². The van der Waals surface area contributed by atoms with Crippen LogP contribution in [0.3, 0.4) is 0 Å². The minimum atomic E-state index is -0.340. The first-order valence-electron chi connectivity index (χ1n) is 7.25. The first kappa shape index (κ1) is 17.8. The highest BCUT2D eigenvalue weighted by molar-refractivity contribution is 5.97. The smallest absolute Gasteiger partial charge is 0.251 e. The lowest BCUT2D eigenvalue weighted by Crippen LogP contribution is -2.39. The molecular formula is C16H24N2O4. The molecule has 0 aliphatic carbocycles. The van der Waals surface area contributed by atoms with Gasteiger partial charge in [-0.15, -0.1) is 0 Å². The maximum atomic E-state index is 12.0. The highest BCUT2D eigenvalue weighted by atomic mass is 16.5. The average molecular weight is 308 g/mol. The third-order valence-electron chi connectivity index (χ3n) is 2.65. The number of ether oxygens (including phenoxy) is 2. The van der Waals surface area contributed by atoms with E-state index in [-0.39, 0.29) is 30.5 Å². The van der Waals surface area contributed by atoms with Gasteiger partial charge in [0.15, 0.2) is 11.5 Å². The molecule has 0 spiro atoms. The molecule has 0 aliphatic rings. The van der Waals surface area contributed by atoms with Crippen molar-refractivity contribution in [1.29, 1.82) is 0 Å². The van der Waals surface area contributed by atoms with Crippen LogP contribution in [-0.2, 0) is 4.79 Å². The van der Waals surface area contributed by atoms with Crippen LogP contribution in [-0.4, -0.2) is 37.6 Å². The molecule has 22 heavy (non-hydrogen) atoms. The van der Waals surface area contributed by atoms with Crippen molar-refractivity contribution in [1.82, 2.24) is 10.6 Å². The van der Waals surface area contributed by atoms with E-state index in [0.717, 1.165) is 0 Å². The Bertz CT molecular complexity index is 527. The highest BCUT2D eigenvalue weighted by Gasteiger charge is 2.13. The van der Waals surface area contributed by atoms with Crippen LogP contribution in [0, 0.1) is 0 Å². The number of rotatable bonds is 7. The predicted octanol–water partition coefficient (Wildman–Crippen LogP) is 1.74. The van der Waals surface area contributed by atoms with Gasteiger partial charge in [-0.05, 0) is 45.9 Å². The van der Waals surface area contributed by atoms with Gasteiger partial charge in [-0.1, -0.05) is 0 Å². The molecule has 0 aliphatic heterocycles. The fraction of sp³-hybridized carbons (Fsp3) is 0.500. The van der Waals surface area contributed by atoms with Crippen LogP contribution in [0.4, 0.5) is 0 Å². The molecule has 0 unspecified atom stereocenters. The molecule has 0 fully saturated rings. The van der Waals surface area contributed by atoms with Crippen LogP contribution in [0.15, 0.2) is 18.2 Å². The third kappa shape index (κ3) is 5.63. The molecule has 122 valence electrons. The molecule has 0 aromatic heterocycles. The molecule has 1 aromatic rings. The molecule has 1 rings (SSSR count). The van der Waals surface area contributed by atoms with Crippen molar-refractivity contribution in [2.45, 2.75) is 39.8 Å². The minimum Gasteiger partial charge on any atom is -0.493 e. The third-order valence-corrected chi connectivity index (χ3v) is 2.65. The van der Waals surface area contributed by atoms with Crippen molar-refractivity contribution in [3.63, 3.8) is 0 Å². The van der Waals surface area contributed by atoms with Crippen LogP contribution >= 0.6 is 0 Å². The Labute approximate surface area is 131 Å². The Hall–Kier alpha value is -2.24. The number of hydrogen-bond donors (Lipinski definition) is 2. The van der Waals surface area contributed by atoms with Crippen LogP contribution in [0.5, 0.6) is 11.5 Å². The zero-order chi connectivity index (χ0) is 16.7. The van der Waals surface area contributed by atoms with Crippen LogP contribution in [0.1, 0.15) is 38.1 Å². The first-order chi connectivity index (χ1) is 10.3. The second-order valence-corrected chi connectivity index (χ2v) is 5.44. The summed E-state index contributed by atoms with van der Waals surface area (Å²) in [4.78, 5) is 23.6. The van der Waals surface area contributed by atoms with Gasteiger partial charge in [0.2, 0.25) is 5.91 Å². The summed E-state index contributed by atoms with van der Waals surface area (Å²) in [5.41, 5.74) is 0.408. The number of amides is 2. The molecular weight excluding hydrogens is 284 g/mol. The maximum absolute atomic E-state index is 12.0. The summed E-state index contributed by atoms with van der Waals surface area (Å²) in [6, 6.07) is 4.95. The summed E-state index contributed by atoms with van der Waals surface area (Å²) < 4.78 is 10.8. The summed E-state index contributed by atoms with van der Waals surface area (Å²) in [5.74, 6) is 0.489. The maximum Gasteiger partial charge on any atom is 0.251 e. The van der Waals surface area contributed by atoms with Gasteiger partial charge in [0.05, 0.1) is 19.8 Å². The van der Waals surface area contributed by atoms with Gasteiger partial charge in [0.1, 0.15) is 0 Å². The number of carbonyl (C=O) groups excluding carboxylic acids is 2. The zero-order valence-corrected chi connectivity index (χ0v) is 13.7. The number of benzene rings is 1. The van der Waals surface area contributed by atoms with Gasteiger partial charge < -0.3 is 20.1 Å². The Morgan fingerprint density at radius 2 is 1.82 bits per heavy atom. The molecule has 1 aromatic carbocycles. The van der Waals surface area contributed by atoms with Crippen molar-refractivity contribution in [3.05, 3.63) is 23.8 Å². The quantitative estimate of drug-likeness (QED) is 0.804. The fourth-order valence-corrected chi connectivity index (χ4v) is 1.80. The van der Waals surface area contributed by atoms with E-state index in [1.807, 2.05) is 27.7 Å². The fourth-order valence-electron chi connectivity index (χ4n) is 1.80. The van der Waals surface area contributed by atoms with Gasteiger partial charge in [0, 0.05) is 11.6 Å². The van der Waals surface area contributed by atoms with E-state index in [9.17, 15) is 9.59 Å². The van der Waals surface area contributed by atoms with Gasteiger partial charge in [-0.2, -0.15) is 0 Å². The number of nitrogens with one attached hydrogen (secondary N) is 2. The molecule has 0 saturated carbocycles. The standard InChI is InChI=1S/C16H24N2O4/c1-10(2)18-15(19)9-17-16(20)12-6-7-13(22-11(3)4)14(8-12)21-5/h6-8,10-11H,9H2,1-5H3,(H,17,20)(H,18,19). The molecule has 6 nitrogen and oxygen atoms in total. The highest BCUT2D eigenvalue weighted by Crippen LogP contribution is 2.28. The van der Waals surface area contributed by atoms with E-state index in [1.54, 1.807) is 18.2 Å². The molecule has 0 radical (unpaired) electrons. The van der Waals surface area contributed by atoms with E-state index < -0.39 is 0 Å². The summed E-state index contributed by atoms with van der Waals surface area (Å²) in [7, 11) is 1.51. The van der Waals surface area contributed by atoms with Crippen molar-refractivity contribution < 1.29 is 19.1 Å². The summed E-state index contributed by atoms with van der Waals surface area (Å²) in [5, 5.41) is 5.27. The van der Waals surface area contributed by atoms with Crippen molar-refractivity contribution in [3.8, 4) is 11.5 Å². The minimum absolute atomic E-state index is 0.00769. The Balaban J connectivity index is 2.71. The van der Waals surface area contributed by atoms with Crippen LogP contribution in [0.2, 0.25) is 0 Å². The van der Waals surface area contributed by atoms with Gasteiger partial charge in [0.25, 0.3) is 5.91 Å². The van der Waals surface area contributed by atoms with Gasteiger partial charge in [-0.3, -0.25) is 9.59 Å². The SMILES string of the molecule is COc1cc(C(=O)NCC(=O)NC(C)C)ccc1OC(C)C. The lowest BCUT2D eigenvalue weighted by molar-refractivity contribution is -0.120. The van der Waals surface area contributed by atoms with E-state index in [0.29, 0.717) is 17.1 Å². The Morgan fingerprint density at radius 1 is 1.14 bits per heavy atom. The van der Waals surface area contributed by atoms with Crippen molar-refractivity contribution >= 4 is 11.8 Å². The molecule has 0 saturated heterocycles. The summed E-state index contributed by atoms with van der Waals surface area (Å²) in [6.07, 6.45) is 0.00769. The molecule has 0 bridgehead atoms. The largest absolute Gasteiger partial charge is 0.493 e. The Kier molecular flexibility index (Phi) is 6.69. The first-order valence-corrected chi connectivity index (χ1v) is 7.25. The van der Waals surface area contributed by atoms with Crippen LogP contribution < -0.4 is 20.1 Å². The van der Waals surface area contributed by atoms with Crippen LogP contribution in [0.25, 0.3) is 0 Å². The van der Waals surface area contributed by atoms with E-state index >= 15 is 0 Å². The van der Waals surface area contributed by atoms with E-state index in [4.69, 9.17) is 9.47 Å². The molecule has 2 amide bonds. The second-order valence-electron chi connectivity index (χ2n) is 5.44. The normalized spacial score (nSPS) is 10.5.